The zero-order valence-electron chi connectivity index (χ0n) is 37.1. The molecule has 3 heteroatoms. The number of anilines is 3. The minimum absolute atomic E-state index is 0.530. The Kier molecular flexibility index (Phi) is 8.71. The highest BCUT2D eigenvalue weighted by Gasteiger charge is 2.47. The summed E-state index contributed by atoms with van der Waals surface area (Å²) in [4.78, 5) is 2.50. The Bertz CT molecular complexity index is 4030. The molecule has 1 aliphatic carbocycles. The highest BCUT2D eigenvalue weighted by molar-refractivity contribution is 7.27. The number of rotatable bonds is 7. The van der Waals surface area contributed by atoms with E-state index in [1.807, 2.05) is 11.3 Å². The van der Waals surface area contributed by atoms with Crippen molar-refractivity contribution < 1.29 is 0 Å². The van der Waals surface area contributed by atoms with Crippen LogP contribution in [0, 0.1) is 0 Å². The summed E-state index contributed by atoms with van der Waals surface area (Å²) in [6, 6.07) is 94.3. The number of nitrogens with zero attached hydrogens (tertiary/aromatic N) is 2. The summed E-state index contributed by atoms with van der Waals surface area (Å²) in [5.41, 5.74) is 16.3. The van der Waals surface area contributed by atoms with Gasteiger partial charge in [-0.3, -0.25) is 0 Å². The molecule has 1 aliphatic rings. The number of benzene rings is 11. The van der Waals surface area contributed by atoms with Crippen molar-refractivity contribution in [2.45, 2.75) is 5.41 Å². The second-order valence-corrected chi connectivity index (χ2v) is 19.0. The largest absolute Gasteiger partial charge is 0.310 e. The van der Waals surface area contributed by atoms with Crippen LogP contribution in [0.25, 0.3) is 80.7 Å². The summed E-state index contributed by atoms with van der Waals surface area (Å²) >= 11 is 1.91. The molecule has 318 valence electrons. The lowest BCUT2D eigenvalue weighted by atomic mass is 9.68. The third-order valence-electron chi connectivity index (χ3n) is 14.5. The fourth-order valence-corrected chi connectivity index (χ4v) is 13.0. The Hall–Kier alpha value is -8.50. The Morgan fingerprint density at radius 2 is 0.941 bits per heavy atom. The van der Waals surface area contributed by atoms with Gasteiger partial charge in [0.1, 0.15) is 0 Å². The number of aromatic nitrogens is 1. The molecule has 0 unspecified atom stereocenters. The lowest BCUT2D eigenvalue weighted by molar-refractivity contribution is 0.768. The predicted molar refractivity (Wildman–Crippen MR) is 289 cm³/mol. The van der Waals surface area contributed by atoms with Gasteiger partial charge < -0.3 is 9.47 Å². The maximum absolute atomic E-state index is 2.50. The predicted octanol–water partition coefficient (Wildman–Crippen LogP) is 17.8. The third-order valence-corrected chi connectivity index (χ3v) is 15.7. The molecule has 0 saturated carbocycles. The number of thiophene rings is 1. The van der Waals surface area contributed by atoms with Crippen LogP contribution in [-0.4, -0.2) is 4.57 Å². The van der Waals surface area contributed by atoms with Crippen LogP contribution in [0.15, 0.2) is 255 Å². The number of para-hydroxylation sites is 2. The molecule has 0 aliphatic heterocycles. The van der Waals surface area contributed by atoms with Crippen molar-refractivity contribution in [2.24, 2.45) is 0 Å². The van der Waals surface area contributed by atoms with Gasteiger partial charge in [-0.2, -0.15) is 0 Å². The second-order valence-electron chi connectivity index (χ2n) is 17.9. The van der Waals surface area contributed by atoms with Crippen LogP contribution in [0.5, 0.6) is 0 Å². The van der Waals surface area contributed by atoms with Crippen LogP contribution >= 0.6 is 11.3 Å². The monoisotopic (exact) mass is 882 g/mol. The first-order valence-electron chi connectivity index (χ1n) is 23.4. The fourth-order valence-electron chi connectivity index (χ4n) is 11.6. The minimum Gasteiger partial charge on any atom is -0.310 e. The zero-order valence-corrected chi connectivity index (χ0v) is 37.9. The van der Waals surface area contributed by atoms with Crippen LogP contribution in [0.1, 0.15) is 22.3 Å². The molecule has 0 atom stereocenters. The van der Waals surface area contributed by atoms with Crippen molar-refractivity contribution in [2.75, 3.05) is 4.90 Å². The normalized spacial score (nSPS) is 12.8. The minimum atomic E-state index is -0.530. The summed E-state index contributed by atoms with van der Waals surface area (Å²) in [6.45, 7) is 0. The molecular weight excluding hydrogens is 841 g/mol. The Balaban J connectivity index is 1.02. The van der Waals surface area contributed by atoms with E-state index < -0.39 is 5.41 Å². The quantitative estimate of drug-likeness (QED) is 0.155. The molecule has 0 spiro atoms. The van der Waals surface area contributed by atoms with Crippen molar-refractivity contribution in [3.8, 4) is 27.9 Å². The first kappa shape index (κ1) is 38.7. The van der Waals surface area contributed by atoms with E-state index >= 15 is 0 Å². The molecule has 0 radical (unpaired) electrons. The van der Waals surface area contributed by atoms with E-state index in [0.717, 1.165) is 28.3 Å². The van der Waals surface area contributed by atoms with Gasteiger partial charge in [0.25, 0.3) is 0 Å². The van der Waals surface area contributed by atoms with E-state index in [9.17, 15) is 0 Å². The fraction of sp³-hybridized carbons (Fsp3) is 0.0154. The molecule has 11 aromatic carbocycles. The molecule has 2 nitrogen and oxygen atoms in total. The van der Waals surface area contributed by atoms with Gasteiger partial charge >= 0.3 is 0 Å². The molecule has 0 bridgehead atoms. The average Bonchev–Trinajstić information content (AvgIpc) is 4.07. The van der Waals surface area contributed by atoms with E-state index in [2.05, 4.69) is 264 Å². The topological polar surface area (TPSA) is 8.17 Å². The van der Waals surface area contributed by atoms with Gasteiger partial charge in [0.05, 0.1) is 22.1 Å². The smallest absolute Gasteiger partial charge is 0.0714 e. The summed E-state index contributed by atoms with van der Waals surface area (Å²) in [7, 11) is 0. The number of hydrogen-bond donors (Lipinski definition) is 0. The van der Waals surface area contributed by atoms with Gasteiger partial charge in [-0.05, 0) is 98.2 Å². The lowest BCUT2D eigenvalue weighted by Crippen LogP contribution is -2.28. The first-order valence-corrected chi connectivity index (χ1v) is 24.2. The highest BCUT2D eigenvalue weighted by atomic mass is 32.1. The van der Waals surface area contributed by atoms with Crippen LogP contribution in [0.3, 0.4) is 0 Å². The molecule has 13 aromatic rings. The Morgan fingerprint density at radius 3 is 1.74 bits per heavy atom. The average molecular weight is 883 g/mol. The molecule has 0 N–H and O–H groups in total. The number of fused-ring (bicyclic) bond motifs is 11. The van der Waals surface area contributed by atoms with Crippen molar-refractivity contribution >= 4 is 81.1 Å². The molecule has 2 aromatic heterocycles. The van der Waals surface area contributed by atoms with Gasteiger partial charge in [0.2, 0.25) is 0 Å². The Morgan fingerprint density at radius 1 is 0.368 bits per heavy atom. The summed E-state index contributed by atoms with van der Waals surface area (Å²) in [6.07, 6.45) is 0. The molecule has 2 heterocycles. The third kappa shape index (κ3) is 5.63. The zero-order chi connectivity index (χ0) is 44.8. The van der Waals surface area contributed by atoms with Crippen LogP contribution in [0.2, 0.25) is 0 Å². The van der Waals surface area contributed by atoms with Gasteiger partial charge in [0.15, 0.2) is 0 Å². The van der Waals surface area contributed by atoms with Gasteiger partial charge in [-0.25, -0.2) is 0 Å². The standard InChI is InChI=1S/C65H42N2S/c1-4-19-45(20-5-1)65(46-21-6-2-7-22-46)57-30-14-12-27-56(57)62-58(65)31-17-33-60(62)66(49-39-41-53-52-26-13-15-32-59(52)67(61(53)42-49)47-23-8-3-9-24-47)48-37-34-44(35-38-48)51-28-16-29-54-55-40-36-43-18-10-11-25-50(43)64(55)68-63(51)54/h1-42H. The summed E-state index contributed by atoms with van der Waals surface area (Å²) in [5, 5.41) is 7.68. The van der Waals surface area contributed by atoms with E-state index in [1.165, 1.54) is 91.7 Å². The molecule has 68 heavy (non-hydrogen) atoms. The SMILES string of the molecule is c1ccc(-n2c3ccccc3c3ccc(N(c4ccc(-c5cccc6c5sc5c7ccccc7ccc65)cc4)c4cccc5c4-c4ccccc4C5(c4ccccc4)c4ccccc4)cc32)cc1. The maximum Gasteiger partial charge on any atom is 0.0714 e. The maximum atomic E-state index is 2.50. The molecule has 0 saturated heterocycles. The van der Waals surface area contributed by atoms with Crippen LogP contribution < -0.4 is 4.90 Å². The Labute approximate surface area is 398 Å². The van der Waals surface area contributed by atoms with E-state index in [-0.39, 0.29) is 0 Å². The number of hydrogen-bond acceptors (Lipinski definition) is 2. The molecule has 14 rings (SSSR count). The highest BCUT2D eigenvalue weighted by Crippen LogP contribution is 2.59. The van der Waals surface area contributed by atoms with Gasteiger partial charge in [-0.1, -0.05) is 206 Å². The van der Waals surface area contributed by atoms with Crippen LogP contribution in [-0.2, 0) is 5.41 Å². The van der Waals surface area contributed by atoms with Crippen LogP contribution in [0.4, 0.5) is 17.1 Å². The first-order chi connectivity index (χ1) is 33.8. The molecular formula is C65H42N2S. The lowest BCUT2D eigenvalue weighted by Gasteiger charge is -2.34. The van der Waals surface area contributed by atoms with Crippen molar-refractivity contribution in [3.05, 3.63) is 277 Å². The summed E-state index contributed by atoms with van der Waals surface area (Å²) < 4.78 is 5.08. The van der Waals surface area contributed by atoms with E-state index in [0.29, 0.717) is 0 Å². The van der Waals surface area contributed by atoms with Gasteiger partial charge in [0, 0.05) is 53.6 Å². The van der Waals surface area contributed by atoms with Gasteiger partial charge in [-0.15, -0.1) is 11.3 Å². The molecule has 0 amide bonds. The van der Waals surface area contributed by atoms with Crippen molar-refractivity contribution in [1.82, 2.24) is 4.57 Å². The second kappa shape index (κ2) is 15.3. The summed E-state index contributed by atoms with van der Waals surface area (Å²) in [5.74, 6) is 0. The van der Waals surface area contributed by atoms with Crippen molar-refractivity contribution in [1.29, 1.82) is 0 Å². The van der Waals surface area contributed by atoms with Crippen molar-refractivity contribution in [3.63, 3.8) is 0 Å². The van der Waals surface area contributed by atoms with E-state index in [4.69, 9.17) is 0 Å². The van der Waals surface area contributed by atoms with E-state index in [1.54, 1.807) is 0 Å². The molecule has 0 fully saturated rings.